The summed E-state index contributed by atoms with van der Waals surface area (Å²) in [4.78, 5) is 28.0. The molecule has 152 valence electrons. The molecule has 0 unspecified atom stereocenters. The van der Waals surface area contributed by atoms with Crippen molar-refractivity contribution < 1.29 is 9.59 Å². The Bertz CT molecular complexity index is 990. The summed E-state index contributed by atoms with van der Waals surface area (Å²) in [7, 11) is 1.50. The lowest BCUT2D eigenvalue weighted by molar-refractivity contribution is -0.105. The maximum absolute atomic E-state index is 11.8. The molecule has 0 spiro atoms. The van der Waals surface area contributed by atoms with Gasteiger partial charge in [0.2, 0.25) is 6.41 Å². The summed E-state index contributed by atoms with van der Waals surface area (Å²) >= 11 is 0. The smallest absolute Gasteiger partial charge is 0.253 e. The Kier molecular flexibility index (Phi) is 6.48. The van der Waals surface area contributed by atoms with Gasteiger partial charge in [-0.25, -0.2) is 0 Å². The molecule has 1 aromatic heterocycles. The number of aromatic amines is 1. The highest BCUT2D eigenvalue weighted by atomic mass is 16.1. The van der Waals surface area contributed by atoms with Crippen LogP contribution >= 0.6 is 0 Å². The van der Waals surface area contributed by atoms with Gasteiger partial charge in [-0.05, 0) is 36.4 Å². The molecule has 1 fully saturated rings. The van der Waals surface area contributed by atoms with Crippen LogP contribution in [0.25, 0.3) is 22.0 Å². The number of hydrogen-bond donors (Lipinski definition) is 5. The van der Waals surface area contributed by atoms with Crippen LogP contribution < -0.4 is 27.0 Å². The van der Waals surface area contributed by atoms with E-state index in [1.165, 1.54) is 12.7 Å². The van der Waals surface area contributed by atoms with Gasteiger partial charge in [-0.2, -0.15) is 0 Å². The summed E-state index contributed by atoms with van der Waals surface area (Å²) < 4.78 is 0. The molecule has 8 nitrogen and oxygen atoms in total. The minimum atomic E-state index is -0.585. The number of nitrogens with zero attached hydrogens (tertiary/aromatic N) is 1. The molecule has 0 radical (unpaired) electrons. The number of nitrogens with two attached hydrogens (primary N) is 2. The van der Waals surface area contributed by atoms with Gasteiger partial charge in [0.15, 0.2) is 0 Å². The average Bonchev–Trinajstić information content (AvgIpc) is 3.13. The number of rotatable bonds is 5. The lowest BCUT2D eigenvalue weighted by Gasteiger charge is -2.29. The van der Waals surface area contributed by atoms with E-state index in [2.05, 4.69) is 50.5 Å². The first-order valence-electron chi connectivity index (χ1n) is 9.47. The van der Waals surface area contributed by atoms with Crippen molar-refractivity contribution in [2.24, 2.45) is 11.5 Å². The topological polar surface area (TPSA) is 129 Å². The van der Waals surface area contributed by atoms with E-state index in [1.807, 2.05) is 18.2 Å². The normalized spacial score (nSPS) is 13.5. The molecule has 2 amide bonds. The van der Waals surface area contributed by atoms with Crippen LogP contribution in [0.5, 0.6) is 0 Å². The highest BCUT2D eigenvalue weighted by Gasteiger charge is 2.17. The number of amides is 2. The summed E-state index contributed by atoms with van der Waals surface area (Å²) in [6.07, 6.45) is 0.521. The first kappa shape index (κ1) is 20.4. The first-order chi connectivity index (χ1) is 14.2. The molecule has 0 atom stereocenters. The van der Waals surface area contributed by atoms with E-state index in [-0.39, 0.29) is 5.56 Å². The molecular formula is C21H26N6O2. The molecule has 1 aliphatic rings. The van der Waals surface area contributed by atoms with E-state index in [1.54, 1.807) is 0 Å². The molecular weight excluding hydrogens is 368 g/mol. The number of anilines is 2. The van der Waals surface area contributed by atoms with Crippen molar-refractivity contribution in [1.82, 2.24) is 10.3 Å². The fourth-order valence-electron chi connectivity index (χ4n) is 3.59. The maximum Gasteiger partial charge on any atom is 0.253 e. The summed E-state index contributed by atoms with van der Waals surface area (Å²) in [5, 5.41) is 6.55. The van der Waals surface area contributed by atoms with E-state index in [9.17, 15) is 9.59 Å². The second-order valence-electron chi connectivity index (χ2n) is 6.55. The highest BCUT2D eigenvalue weighted by Crippen LogP contribution is 2.31. The molecule has 2 aromatic carbocycles. The van der Waals surface area contributed by atoms with E-state index in [4.69, 9.17) is 5.73 Å². The largest absolute Gasteiger partial charge is 0.369 e. The van der Waals surface area contributed by atoms with E-state index < -0.39 is 5.91 Å². The van der Waals surface area contributed by atoms with Gasteiger partial charge in [-0.15, -0.1) is 0 Å². The third-order valence-electron chi connectivity index (χ3n) is 4.93. The summed E-state index contributed by atoms with van der Waals surface area (Å²) in [5.74, 6) is -0.266. The Morgan fingerprint density at radius 2 is 1.72 bits per heavy atom. The fraction of sp³-hybridized carbons (Fsp3) is 0.238. The minimum Gasteiger partial charge on any atom is -0.369 e. The van der Waals surface area contributed by atoms with Crippen molar-refractivity contribution in [2.45, 2.75) is 0 Å². The number of piperazine rings is 1. The Morgan fingerprint density at radius 3 is 2.34 bits per heavy atom. The average molecular weight is 394 g/mol. The van der Waals surface area contributed by atoms with Crippen LogP contribution in [0.2, 0.25) is 0 Å². The minimum absolute atomic E-state index is 0.290. The van der Waals surface area contributed by atoms with Gasteiger partial charge < -0.3 is 32.0 Å². The summed E-state index contributed by atoms with van der Waals surface area (Å²) in [6.45, 7) is 4.03. The monoisotopic (exact) mass is 394 g/mol. The number of H-pyrrole nitrogens is 1. The molecule has 0 bridgehead atoms. The predicted octanol–water partition coefficient (Wildman–Crippen LogP) is 1.49. The van der Waals surface area contributed by atoms with E-state index in [0.29, 0.717) is 17.6 Å². The molecule has 7 N–H and O–H groups in total. The first-order valence-corrected chi connectivity index (χ1v) is 9.47. The van der Waals surface area contributed by atoms with Crippen molar-refractivity contribution in [1.29, 1.82) is 0 Å². The molecule has 1 aliphatic heterocycles. The number of nitrogens with one attached hydrogen (secondary N) is 3. The Balaban J connectivity index is 0.00000117. The molecule has 4 rings (SSSR count). The van der Waals surface area contributed by atoms with Crippen LogP contribution in [0.1, 0.15) is 10.4 Å². The molecule has 8 heteroatoms. The van der Waals surface area contributed by atoms with Crippen LogP contribution in [-0.4, -0.2) is 50.5 Å². The molecule has 1 saturated heterocycles. The standard InChI is InChI=1S/C20H21N5O2.CH5N/c21-19(27)18-16-6-3-14(11-17(16)24-20(18)23-12-26)13-1-4-15(5-2-13)25-9-7-22-8-10-25;1-2/h1-6,11-12,22,24H,7-10H2,(H2,21,27)(H,23,26);2H2,1H3. The van der Waals surface area contributed by atoms with Crippen molar-refractivity contribution in [3.8, 4) is 11.1 Å². The lowest BCUT2D eigenvalue weighted by Crippen LogP contribution is -2.43. The van der Waals surface area contributed by atoms with Gasteiger partial charge in [0.1, 0.15) is 5.82 Å². The lowest BCUT2D eigenvalue weighted by atomic mass is 10.0. The van der Waals surface area contributed by atoms with E-state index in [0.717, 1.165) is 42.8 Å². The molecule has 2 heterocycles. The number of fused-ring (bicyclic) bond motifs is 1. The van der Waals surface area contributed by atoms with Gasteiger partial charge in [0.25, 0.3) is 5.91 Å². The zero-order valence-corrected chi connectivity index (χ0v) is 16.4. The number of benzene rings is 2. The van der Waals surface area contributed by atoms with Gasteiger partial charge in [-0.1, -0.05) is 24.3 Å². The van der Waals surface area contributed by atoms with Crippen LogP contribution in [0.4, 0.5) is 11.5 Å². The Labute approximate surface area is 169 Å². The Hall–Kier alpha value is -3.36. The highest BCUT2D eigenvalue weighted by molar-refractivity contribution is 6.12. The molecule has 29 heavy (non-hydrogen) atoms. The van der Waals surface area contributed by atoms with Gasteiger partial charge in [-0.3, -0.25) is 9.59 Å². The SMILES string of the molecule is CN.NC(=O)c1c(NC=O)[nH]c2cc(-c3ccc(N4CCNCC4)cc3)ccc12. The number of aromatic nitrogens is 1. The second kappa shape index (κ2) is 9.22. The summed E-state index contributed by atoms with van der Waals surface area (Å²) in [5.41, 5.74) is 14.3. The van der Waals surface area contributed by atoms with Crippen molar-refractivity contribution in [2.75, 3.05) is 43.4 Å². The predicted molar refractivity (Wildman–Crippen MR) is 117 cm³/mol. The van der Waals surface area contributed by atoms with Crippen molar-refractivity contribution in [3.63, 3.8) is 0 Å². The number of hydrogen-bond acceptors (Lipinski definition) is 5. The van der Waals surface area contributed by atoms with Gasteiger partial charge in [0.05, 0.1) is 5.56 Å². The van der Waals surface area contributed by atoms with Crippen LogP contribution in [0, 0.1) is 0 Å². The molecule has 3 aromatic rings. The summed E-state index contributed by atoms with van der Waals surface area (Å²) in [6, 6.07) is 14.2. The van der Waals surface area contributed by atoms with Crippen molar-refractivity contribution >= 4 is 34.7 Å². The van der Waals surface area contributed by atoms with Gasteiger partial charge >= 0.3 is 0 Å². The number of primary amides is 1. The third-order valence-corrected chi connectivity index (χ3v) is 4.93. The van der Waals surface area contributed by atoms with Crippen molar-refractivity contribution in [3.05, 3.63) is 48.0 Å². The van der Waals surface area contributed by atoms with E-state index >= 15 is 0 Å². The van der Waals surface area contributed by atoms with Crippen LogP contribution in [-0.2, 0) is 4.79 Å². The number of carbonyl (C=O) groups excluding carboxylic acids is 2. The molecule has 0 aliphatic carbocycles. The van der Waals surface area contributed by atoms with Crippen LogP contribution in [0.3, 0.4) is 0 Å². The quantitative estimate of drug-likeness (QED) is 0.419. The zero-order chi connectivity index (χ0) is 20.8. The number of carbonyl (C=O) groups is 2. The maximum atomic E-state index is 11.8. The Morgan fingerprint density at radius 1 is 1.07 bits per heavy atom. The third kappa shape index (κ3) is 4.23. The van der Waals surface area contributed by atoms with Crippen LogP contribution in [0.15, 0.2) is 42.5 Å². The van der Waals surface area contributed by atoms with Gasteiger partial charge in [0, 0.05) is 42.8 Å². The molecule has 0 saturated carbocycles. The fourth-order valence-corrected chi connectivity index (χ4v) is 3.59. The zero-order valence-electron chi connectivity index (χ0n) is 16.4. The second-order valence-corrected chi connectivity index (χ2v) is 6.55.